The second kappa shape index (κ2) is 12.2. The third-order valence-corrected chi connectivity index (χ3v) is 4.30. The van der Waals surface area contributed by atoms with Gasteiger partial charge in [-0.3, -0.25) is 4.90 Å². The molecule has 3 N–H and O–H groups in total. The Morgan fingerprint density at radius 1 is 1.08 bits per heavy atom. The summed E-state index contributed by atoms with van der Waals surface area (Å²) in [7, 11) is 0. The van der Waals surface area contributed by atoms with E-state index in [1.54, 1.807) is 0 Å². The minimum atomic E-state index is -1.82. The normalized spacial score (nSPS) is 14.1. The van der Waals surface area contributed by atoms with Gasteiger partial charge in [0.2, 0.25) is 0 Å². The lowest BCUT2D eigenvalue weighted by Crippen LogP contribution is -2.51. The molecular formula is C18H27N3O4S. The van der Waals surface area contributed by atoms with Crippen LogP contribution in [0.15, 0.2) is 30.3 Å². The summed E-state index contributed by atoms with van der Waals surface area (Å²) in [5.74, 6) is -3.65. The van der Waals surface area contributed by atoms with Gasteiger partial charge in [0.1, 0.15) is 0 Å². The third-order valence-electron chi connectivity index (χ3n) is 3.90. The van der Waals surface area contributed by atoms with Crippen LogP contribution >= 0.6 is 12.2 Å². The smallest absolute Gasteiger partial charge is 0.414 e. The number of rotatable bonds is 5. The fraction of sp³-hybridized carbons (Fsp3) is 0.500. The Kier molecular flexibility index (Phi) is 10.3. The van der Waals surface area contributed by atoms with E-state index in [4.69, 9.17) is 32.0 Å². The largest absolute Gasteiger partial charge is 0.473 e. The highest BCUT2D eigenvalue weighted by Gasteiger charge is 2.18. The van der Waals surface area contributed by atoms with Crippen molar-refractivity contribution in [1.82, 2.24) is 15.1 Å². The molecule has 1 aliphatic heterocycles. The van der Waals surface area contributed by atoms with Gasteiger partial charge in [-0.05, 0) is 24.2 Å². The van der Waals surface area contributed by atoms with Crippen molar-refractivity contribution in [2.24, 2.45) is 0 Å². The lowest BCUT2D eigenvalue weighted by Gasteiger charge is -2.36. The number of hydrogen-bond donors (Lipinski definition) is 3. The number of carbonyl (C=O) groups is 2. The average molecular weight is 381 g/mol. The highest BCUT2D eigenvalue weighted by Crippen LogP contribution is 2.08. The molecule has 1 aromatic rings. The first kappa shape index (κ1) is 21.9. The first-order chi connectivity index (χ1) is 12.4. The number of thiocarbonyl (C=S) groups is 1. The summed E-state index contributed by atoms with van der Waals surface area (Å²) in [4.78, 5) is 23.0. The third kappa shape index (κ3) is 8.77. The first-order valence-electron chi connectivity index (χ1n) is 8.69. The van der Waals surface area contributed by atoms with Crippen LogP contribution in [0, 0.1) is 0 Å². The monoisotopic (exact) mass is 381 g/mol. The van der Waals surface area contributed by atoms with Crippen LogP contribution in [0.25, 0.3) is 0 Å². The van der Waals surface area contributed by atoms with Crippen molar-refractivity contribution in [2.75, 3.05) is 32.7 Å². The van der Waals surface area contributed by atoms with Crippen molar-refractivity contribution >= 4 is 29.3 Å². The molecule has 0 aromatic heterocycles. The molecule has 8 heteroatoms. The van der Waals surface area contributed by atoms with Gasteiger partial charge < -0.3 is 20.4 Å². The molecule has 1 aliphatic rings. The standard InChI is InChI=1S/C16H25N3S.C2H2O4/c1-2-3-9-17-16(20)19-12-10-18(11-13-19)14-15-7-5-4-6-8-15;3-1(4)2(5)6/h4-8H,2-3,9-14H2,1H3,(H,17,20);(H,3,4)(H,5,6). The highest BCUT2D eigenvalue weighted by molar-refractivity contribution is 7.80. The molecule has 2 rings (SSSR count). The fourth-order valence-corrected chi connectivity index (χ4v) is 2.72. The summed E-state index contributed by atoms with van der Waals surface area (Å²) in [6.07, 6.45) is 2.40. The molecule has 7 nitrogen and oxygen atoms in total. The van der Waals surface area contributed by atoms with Crippen molar-refractivity contribution in [2.45, 2.75) is 26.3 Å². The zero-order valence-electron chi connectivity index (χ0n) is 15.1. The van der Waals surface area contributed by atoms with E-state index in [1.807, 2.05) is 0 Å². The van der Waals surface area contributed by atoms with E-state index in [9.17, 15) is 0 Å². The molecule has 1 aromatic carbocycles. The van der Waals surface area contributed by atoms with Gasteiger partial charge in [0, 0.05) is 39.3 Å². The summed E-state index contributed by atoms with van der Waals surface area (Å²) >= 11 is 5.45. The fourth-order valence-electron chi connectivity index (χ4n) is 2.43. The Balaban J connectivity index is 0.000000487. The van der Waals surface area contributed by atoms with E-state index in [0.717, 1.165) is 44.4 Å². The molecule has 0 bridgehead atoms. The summed E-state index contributed by atoms with van der Waals surface area (Å²) in [6, 6.07) is 10.7. The maximum atomic E-state index is 9.10. The van der Waals surface area contributed by atoms with Crippen LogP contribution in [-0.2, 0) is 16.1 Å². The van der Waals surface area contributed by atoms with E-state index in [1.165, 1.54) is 18.4 Å². The number of carboxylic acids is 2. The molecule has 0 spiro atoms. The van der Waals surface area contributed by atoms with Crippen LogP contribution in [0.5, 0.6) is 0 Å². The minimum Gasteiger partial charge on any atom is -0.473 e. The molecule has 0 saturated carbocycles. The minimum absolute atomic E-state index is 0.929. The molecule has 0 unspecified atom stereocenters. The van der Waals surface area contributed by atoms with Gasteiger partial charge in [0.25, 0.3) is 0 Å². The molecule has 0 radical (unpaired) electrons. The topological polar surface area (TPSA) is 93.1 Å². The maximum Gasteiger partial charge on any atom is 0.414 e. The van der Waals surface area contributed by atoms with Crippen LogP contribution in [0.1, 0.15) is 25.3 Å². The Labute approximate surface area is 159 Å². The summed E-state index contributed by atoms with van der Waals surface area (Å²) in [5.41, 5.74) is 1.39. The van der Waals surface area contributed by atoms with Crippen molar-refractivity contribution in [3.63, 3.8) is 0 Å². The van der Waals surface area contributed by atoms with Crippen LogP contribution in [-0.4, -0.2) is 69.8 Å². The Hall–Kier alpha value is -2.19. The van der Waals surface area contributed by atoms with Crippen LogP contribution in [0.2, 0.25) is 0 Å². The number of hydrogen-bond acceptors (Lipinski definition) is 4. The second-order valence-corrected chi connectivity index (χ2v) is 6.33. The Morgan fingerprint density at radius 3 is 2.15 bits per heavy atom. The zero-order valence-corrected chi connectivity index (χ0v) is 15.9. The van der Waals surface area contributed by atoms with Gasteiger partial charge in [-0.15, -0.1) is 0 Å². The Bertz CT molecular complexity index is 563. The molecule has 0 atom stereocenters. The number of unbranched alkanes of at least 4 members (excludes halogenated alkanes) is 1. The number of nitrogens with one attached hydrogen (secondary N) is 1. The van der Waals surface area contributed by atoms with Crippen LogP contribution in [0.3, 0.4) is 0 Å². The van der Waals surface area contributed by atoms with Gasteiger partial charge >= 0.3 is 11.9 Å². The molecule has 0 amide bonds. The van der Waals surface area contributed by atoms with Crippen molar-refractivity contribution in [3.8, 4) is 0 Å². The molecule has 1 heterocycles. The number of aliphatic carboxylic acids is 2. The summed E-state index contributed by atoms with van der Waals surface area (Å²) in [5, 5.41) is 19.1. The predicted octanol–water partition coefficient (Wildman–Crippen LogP) is 1.63. The predicted molar refractivity (Wildman–Crippen MR) is 104 cm³/mol. The lowest BCUT2D eigenvalue weighted by molar-refractivity contribution is -0.159. The van der Waals surface area contributed by atoms with E-state index < -0.39 is 11.9 Å². The number of nitrogens with zero attached hydrogens (tertiary/aromatic N) is 2. The maximum absolute atomic E-state index is 9.10. The summed E-state index contributed by atoms with van der Waals surface area (Å²) in [6.45, 7) is 8.49. The number of piperazine rings is 1. The summed E-state index contributed by atoms with van der Waals surface area (Å²) < 4.78 is 0. The van der Waals surface area contributed by atoms with Crippen molar-refractivity contribution in [3.05, 3.63) is 35.9 Å². The SMILES string of the molecule is CCCCNC(=S)N1CCN(Cc2ccccc2)CC1.O=C(O)C(=O)O. The van der Waals surface area contributed by atoms with Gasteiger partial charge in [-0.1, -0.05) is 43.7 Å². The van der Waals surface area contributed by atoms with Gasteiger partial charge in [-0.2, -0.15) is 0 Å². The quantitative estimate of drug-likeness (QED) is 0.403. The lowest BCUT2D eigenvalue weighted by atomic mass is 10.2. The van der Waals surface area contributed by atoms with Crippen LogP contribution in [0.4, 0.5) is 0 Å². The van der Waals surface area contributed by atoms with Gasteiger partial charge in [0.05, 0.1) is 0 Å². The number of carboxylic acid groups (broad SMARTS) is 2. The molecule has 1 fully saturated rings. The van der Waals surface area contributed by atoms with Gasteiger partial charge in [-0.25, -0.2) is 9.59 Å². The number of benzene rings is 1. The first-order valence-corrected chi connectivity index (χ1v) is 9.10. The molecule has 144 valence electrons. The average Bonchev–Trinajstić information content (AvgIpc) is 2.64. The highest BCUT2D eigenvalue weighted by atomic mass is 32.1. The van der Waals surface area contributed by atoms with Crippen molar-refractivity contribution in [1.29, 1.82) is 0 Å². The van der Waals surface area contributed by atoms with Gasteiger partial charge in [0.15, 0.2) is 5.11 Å². The molecule has 0 aliphatic carbocycles. The van der Waals surface area contributed by atoms with E-state index in [2.05, 4.69) is 52.4 Å². The van der Waals surface area contributed by atoms with E-state index in [0.29, 0.717) is 0 Å². The zero-order chi connectivity index (χ0) is 19.4. The Morgan fingerprint density at radius 2 is 1.65 bits per heavy atom. The second-order valence-electron chi connectivity index (χ2n) is 5.94. The molecule has 26 heavy (non-hydrogen) atoms. The van der Waals surface area contributed by atoms with Crippen LogP contribution < -0.4 is 5.32 Å². The molecular weight excluding hydrogens is 354 g/mol. The van der Waals surface area contributed by atoms with E-state index in [-0.39, 0.29) is 0 Å². The van der Waals surface area contributed by atoms with Crippen molar-refractivity contribution < 1.29 is 19.8 Å². The molecule has 1 saturated heterocycles. The van der Waals surface area contributed by atoms with E-state index >= 15 is 0 Å².